The molecule has 1 spiro atoms. The third-order valence-electron chi connectivity index (χ3n) is 5.72. The number of carboxylic acids is 1. The van der Waals surface area contributed by atoms with Crippen molar-refractivity contribution >= 4 is 11.9 Å². The number of methoxy groups -OCH3 is 1. The maximum Gasteiger partial charge on any atom is 0.361 e. The molecule has 4 rings (SSSR count). The van der Waals surface area contributed by atoms with E-state index in [1.165, 1.54) is 13.5 Å². The van der Waals surface area contributed by atoms with Crippen LogP contribution in [0.4, 0.5) is 0 Å². The fourth-order valence-electron chi connectivity index (χ4n) is 4.25. The number of rotatable bonds is 4. The highest BCUT2D eigenvalue weighted by Crippen LogP contribution is 2.37. The van der Waals surface area contributed by atoms with E-state index >= 15 is 0 Å². The number of hydrogen-bond donors (Lipinski definition) is 1. The van der Waals surface area contributed by atoms with Crippen LogP contribution in [0.3, 0.4) is 0 Å². The van der Waals surface area contributed by atoms with Gasteiger partial charge in [-0.15, -0.1) is 0 Å². The van der Waals surface area contributed by atoms with Gasteiger partial charge in [0.15, 0.2) is 11.9 Å². The molecule has 2 saturated heterocycles. The van der Waals surface area contributed by atoms with E-state index in [1.807, 2.05) is 30.3 Å². The standard InChI is InChI=1S/C14H18O4.C9H14O4/c1-14(2)17-11(12(18-14)13(15)16-3)9-10-7-5-4-6-8-10;10-7(11)8-12-6-9(13-8)4-2-1-3-5-9/h4-8,11-12H,9H2,1-3H3;8H,1-6H2,(H,10,11)/t11-,12-;/m1./s1. The summed E-state index contributed by atoms with van der Waals surface area (Å²) in [7, 11) is 1.36. The number of carbonyl (C=O) groups is 2. The molecule has 0 radical (unpaired) electrons. The van der Waals surface area contributed by atoms with Crippen molar-refractivity contribution in [1.82, 2.24) is 0 Å². The summed E-state index contributed by atoms with van der Waals surface area (Å²) in [5, 5.41) is 8.68. The molecule has 1 N–H and O–H groups in total. The Hall–Kier alpha value is -2.00. The second kappa shape index (κ2) is 10.1. The van der Waals surface area contributed by atoms with Crippen LogP contribution in [0.15, 0.2) is 30.3 Å². The van der Waals surface area contributed by atoms with Crippen LogP contribution in [0.5, 0.6) is 0 Å². The molecule has 0 aromatic heterocycles. The van der Waals surface area contributed by atoms with Gasteiger partial charge in [0.2, 0.25) is 0 Å². The Balaban J connectivity index is 0.000000185. The fraction of sp³-hybridized carbons (Fsp3) is 0.652. The molecule has 1 saturated carbocycles. The molecular formula is C23H32O8. The lowest BCUT2D eigenvalue weighted by atomic mass is 9.86. The average molecular weight is 437 g/mol. The smallest absolute Gasteiger partial charge is 0.361 e. The van der Waals surface area contributed by atoms with Crippen LogP contribution in [-0.2, 0) is 39.7 Å². The highest BCUT2D eigenvalue weighted by molar-refractivity contribution is 5.75. The maximum absolute atomic E-state index is 11.7. The van der Waals surface area contributed by atoms with Gasteiger partial charge in [-0.25, -0.2) is 9.59 Å². The van der Waals surface area contributed by atoms with Crippen molar-refractivity contribution in [1.29, 1.82) is 0 Å². The van der Waals surface area contributed by atoms with Crippen molar-refractivity contribution in [2.75, 3.05) is 13.7 Å². The fourth-order valence-corrected chi connectivity index (χ4v) is 4.25. The van der Waals surface area contributed by atoms with Crippen LogP contribution in [0.25, 0.3) is 0 Å². The Kier molecular flexibility index (Phi) is 7.69. The first-order valence-electron chi connectivity index (χ1n) is 10.7. The highest BCUT2D eigenvalue weighted by Gasteiger charge is 2.46. The molecule has 3 aliphatic rings. The lowest BCUT2D eigenvalue weighted by Crippen LogP contribution is -2.35. The number of hydrogen-bond acceptors (Lipinski definition) is 7. The minimum atomic E-state index is -1.03. The predicted molar refractivity (Wildman–Crippen MR) is 110 cm³/mol. The Morgan fingerprint density at radius 2 is 1.74 bits per heavy atom. The van der Waals surface area contributed by atoms with Gasteiger partial charge < -0.3 is 28.8 Å². The molecule has 2 heterocycles. The summed E-state index contributed by atoms with van der Waals surface area (Å²) in [6.07, 6.45) is 3.98. The molecular weight excluding hydrogens is 404 g/mol. The number of carboxylic acid groups (broad SMARTS) is 1. The molecule has 172 valence electrons. The Morgan fingerprint density at radius 3 is 2.32 bits per heavy atom. The van der Waals surface area contributed by atoms with Crippen molar-refractivity contribution in [3.05, 3.63) is 35.9 Å². The van der Waals surface area contributed by atoms with E-state index in [2.05, 4.69) is 0 Å². The highest BCUT2D eigenvalue weighted by atomic mass is 16.8. The van der Waals surface area contributed by atoms with Crippen LogP contribution in [0.2, 0.25) is 0 Å². The van der Waals surface area contributed by atoms with Gasteiger partial charge in [0.05, 0.1) is 19.3 Å². The molecule has 1 aliphatic carbocycles. The zero-order chi connectivity index (χ0) is 22.5. The summed E-state index contributed by atoms with van der Waals surface area (Å²) in [5.41, 5.74) is 0.833. The van der Waals surface area contributed by atoms with Crippen molar-refractivity contribution < 1.29 is 38.4 Å². The second-order valence-electron chi connectivity index (χ2n) is 8.65. The molecule has 8 nitrogen and oxygen atoms in total. The molecule has 3 atom stereocenters. The predicted octanol–water partition coefficient (Wildman–Crippen LogP) is 3.07. The van der Waals surface area contributed by atoms with Crippen molar-refractivity contribution in [2.45, 2.75) is 82.3 Å². The maximum atomic E-state index is 11.7. The van der Waals surface area contributed by atoms with Gasteiger partial charge in [-0.1, -0.05) is 49.6 Å². The quantitative estimate of drug-likeness (QED) is 0.719. The van der Waals surface area contributed by atoms with Gasteiger partial charge in [-0.05, 0) is 32.3 Å². The van der Waals surface area contributed by atoms with E-state index in [4.69, 9.17) is 28.8 Å². The molecule has 1 aromatic carbocycles. The summed E-state index contributed by atoms with van der Waals surface area (Å²) < 4.78 is 26.6. The number of aliphatic carboxylic acids is 1. The van der Waals surface area contributed by atoms with Crippen LogP contribution in [0, 0.1) is 0 Å². The van der Waals surface area contributed by atoms with E-state index < -0.39 is 24.2 Å². The van der Waals surface area contributed by atoms with Crippen molar-refractivity contribution in [3.8, 4) is 0 Å². The van der Waals surface area contributed by atoms with Gasteiger partial charge in [0.25, 0.3) is 6.29 Å². The topological polar surface area (TPSA) is 101 Å². The number of benzene rings is 1. The first-order valence-corrected chi connectivity index (χ1v) is 10.7. The van der Waals surface area contributed by atoms with E-state index in [-0.39, 0.29) is 17.7 Å². The van der Waals surface area contributed by atoms with E-state index in [0.29, 0.717) is 13.0 Å². The van der Waals surface area contributed by atoms with Crippen molar-refractivity contribution in [2.24, 2.45) is 0 Å². The Bertz CT molecular complexity index is 741. The normalized spacial score (nSPS) is 28.5. The zero-order valence-corrected chi connectivity index (χ0v) is 18.4. The van der Waals surface area contributed by atoms with Crippen LogP contribution >= 0.6 is 0 Å². The largest absolute Gasteiger partial charge is 0.477 e. The van der Waals surface area contributed by atoms with E-state index in [1.54, 1.807) is 13.8 Å². The van der Waals surface area contributed by atoms with Crippen LogP contribution in [-0.4, -0.2) is 60.6 Å². The summed E-state index contributed by atoms with van der Waals surface area (Å²) in [6.45, 7) is 4.05. The average Bonchev–Trinajstić information content (AvgIpc) is 3.29. The van der Waals surface area contributed by atoms with E-state index in [0.717, 1.165) is 31.2 Å². The lowest BCUT2D eigenvalue weighted by Gasteiger charge is -2.30. The number of carbonyl (C=O) groups excluding carboxylic acids is 1. The zero-order valence-electron chi connectivity index (χ0n) is 18.4. The summed E-state index contributed by atoms with van der Waals surface area (Å²) in [5.74, 6) is -2.15. The molecule has 0 amide bonds. The molecule has 3 fully saturated rings. The van der Waals surface area contributed by atoms with Gasteiger partial charge in [0.1, 0.15) is 6.10 Å². The lowest BCUT2D eigenvalue weighted by molar-refractivity contribution is -0.173. The summed E-state index contributed by atoms with van der Waals surface area (Å²) in [6, 6.07) is 9.89. The summed E-state index contributed by atoms with van der Waals surface area (Å²) in [4.78, 5) is 22.3. The second-order valence-corrected chi connectivity index (χ2v) is 8.65. The van der Waals surface area contributed by atoms with Crippen molar-refractivity contribution in [3.63, 3.8) is 0 Å². The molecule has 2 aliphatic heterocycles. The van der Waals surface area contributed by atoms with Gasteiger partial charge in [-0.3, -0.25) is 0 Å². The number of ether oxygens (including phenoxy) is 5. The molecule has 8 heteroatoms. The van der Waals surface area contributed by atoms with E-state index in [9.17, 15) is 9.59 Å². The summed E-state index contributed by atoms with van der Waals surface area (Å²) >= 11 is 0. The molecule has 31 heavy (non-hydrogen) atoms. The first kappa shape index (κ1) is 23.7. The van der Waals surface area contributed by atoms with Crippen LogP contribution in [0.1, 0.15) is 51.5 Å². The van der Waals surface area contributed by atoms with Gasteiger partial charge in [0, 0.05) is 6.42 Å². The third kappa shape index (κ3) is 6.26. The molecule has 0 bridgehead atoms. The Labute approximate surface area is 182 Å². The molecule has 1 aromatic rings. The van der Waals surface area contributed by atoms with Crippen LogP contribution < -0.4 is 0 Å². The first-order chi connectivity index (χ1) is 14.7. The minimum Gasteiger partial charge on any atom is -0.477 e. The third-order valence-corrected chi connectivity index (χ3v) is 5.72. The van der Waals surface area contributed by atoms with Gasteiger partial charge in [-0.2, -0.15) is 0 Å². The number of esters is 1. The minimum absolute atomic E-state index is 0.276. The van der Waals surface area contributed by atoms with Gasteiger partial charge >= 0.3 is 11.9 Å². The Morgan fingerprint density at radius 1 is 1.06 bits per heavy atom. The SMILES string of the molecule is COC(=O)[C@@H]1OC(C)(C)O[C@@H]1Cc1ccccc1.O=C(O)C1OCC2(CCCCC2)O1. The molecule has 1 unspecified atom stereocenters. The monoisotopic (exact) mass is 436 g/mol.